The molecule has 4 rings (SSSR count). The van der Waals surface area contributed by atoms with Gasteiger partial charge >= 0.3 is 0 Å². The molecule has 0 radical (unpaired) electrons. The minimum atomic E-state index is -2.76. The zero-order chi connectivity index (χ0) is 23.9. The molecule has 0 bridgehead atoms. The van der Waals surface area contributed by atoms with Gasteiger partial charge in [0, 0.05) is 23.5 Å². The molecule has 2 fully saturated rings. The average Bonchev–Trinajstić information content (AvgIpc) is 2.68. The number of hydrogen-bond donors (Lipinski definition) is 6. The smallest absolute Gasteiger partial charge is 0.230 e. The number of nitrogens with two attached hydrogens (primary N) is 1. The third-order valence-electron chi connectivity index (χ3n) is 7.39. The number of amides is 1. The first-order valence-electron chi connectivity index (χ1n) is 10.2. The maximum Gasteiger partial charge on any atom is 0.230 e. The third-order valence-corrected chi connectivity index (χ3v) is 7.39. The zero-order valence-corrected chi connectivity index (χ0v) is 17.8. The van der Waals surface area contributed by atoms with Crippen LogP contribution in [0, 0.1) is 17.8 Å². The van der Waals surface area contributed by atoms with Crippen molar-refractivity contribution in [3.05, 3.63) is 34.9 Å². The number of rotatable bonds is 2. The van der Waals surface area contributed by atoms with E-state index in [1.165, 1.54) is 30.0 Å². The van der Waals surface area contributed by atoms with E-state index in [0.29, 0.717) is 0 Å². The highest BCUT2D eigenvalue weighted by Crippen LogP contribution is 2.56. The Kier molecular flexibility index (Phi) is 4.80. The number of likely N-dealkylation sites (N-methyl/N-ethyl adjacent to an activating group) is 1. The Morgan fingerprint density at radius 2 is 1.81 bits per heavy atom. The maximum absolute atomic E-state index is 13.7. The van der Waals surface area contributed by atoms with Crippen LogP contribution in [0.1, 0.15) is 24.5 Å². The highest BCUT2D eigenvalue weighted by Gasteiger charge is 2.69. The van der Waals surface area contributed by atoms with E-state index >= 15 is 0 Å². The van der Waals surface area contributed by atoms with Crippen LogP contribution in [0.25, 0.3) is 5.76 Å². The van der Waals surface area contributed by atoms with E-state index in [4.69, 9.17) is 5.73 Å². The van der Waals surface area contributed by atoms with Gasteiger partial charge in [0.2, 0.25) is 11.7 Å². The van der Waals surface area contributed by atoms with E-state index in [-0.39, 0.29) is 23.3 Å². The first-order chi connectivity index (χ1) is 14.8. The molecule has 3 aliphatic carbocycles. The normalized spacial score (nSPS) is 38.9. The molecule has 0 heterocycles. The van der Waals surface area contributed by atoms with Crippen molar-refractivity contribution in [2.45, 2.75) is 36.7 Å². The van der Waals surface area contributed by atoms with Gasteiger partial charge in [-0.1, -0.05) is 12.1 Å². The van der Waals surface area contributed by atoms with Gasteiger partial charge < -0.3 is 36.2 Å². The number of carbonyl (C=O) groups excluding carboxylic acids is 3. The van der Waals surface area contributed by atoms with E-state index in [1.807, 2.05) is 0 Å². The van der Waals surface area contributed by atoms with Crippen molar-refractivity contribution in [3.8, 4) is 5.75 Å². The van der Waals surface area contributed by atoms with Crippen molar-refractivity contribution < 1.29 is 39.9 Å². The number of phenolic OH excluding ortho intramolecular Hbond substituents is 1. The summed E-state index contributed by atoms with van der Waals surface area (Å²) in [6.07, 6.45) is -1.75. The van der Waals surface area contributed by atoms with E-state index in [1.54, 1.807) is 14.1 Å². The Balaban J connectivity index is 1.99. The van der Waals surface area contributed by atoms with Crippen molar-refractivity contribution in [1.29, 1.82) is 0 Å². The van der Waals surface area contributed by atoms with Crippen molar-refractivity contribution in [2.75, 3.05) is 14.1 Å². The van der Waals surface area contributed by atoms with E-state index < -0.39 is 69.9 Å². The van der Waals surface area contributed by atoms with Gasteiger partial charge in [-0.2, -0.15) is 0 Å². The molecule has 172 valence electrons. The predicted octanol–water partition coefficient (Wildman–Crippen LogP) is -1.21. The van der Waals surface area contributed by atoms with Crippen LogP contribution in [-0.2, 0) is 20.0 Å². The van der Waals surface area contributed by atoms with Crippen LogP contribution in [0.5, 0.6) is 5.75 Å². The van der Waals surface area contributed by atoms with Gasteiger partial charge in [-0.05, 0) is 39.1 Å². The summed E-state index contributed by atoms with van der Waals surface area (Å²) in [6, 6.07) is 3.23. The van der Waals surface area contributed by atoms with Gasteiger partial charge in [-0.15, -0.1) is 0 Å². The monoisotopic (exact) mass is 446 g/mol. The molecule has 2 unspecified atom stereocenters. The summed E-state index contributed by atoms with van der Waals surface area (Å²) in [4.78, 5) is 40.3. The number of aliphatic hydroxyl groups excluding tert-OH is 2. The van der Waals surface area contributed by atoms with Crippen LogP contribution in [0.3, 0.4) is 0 Å². The summed E-state index contributed by atoms with van der Waals surface area (Å²) in [5, 5.41) is 55.0. The molecule has 2 saturated carbocycles. The molecule has 3 aliphatic rings. The Bertz CT molecular complexity index is 1080. The summed E-state index contributed by atoms with van der Waals surface area (Å²) in [5.41, 5.74) is 0.420. The van der Waals surface area contributed by atoms with Crippen LogP contribution in [0.15, 0.2) is 23.8 Å². The highest BCUT2D eigenvalue weighted by atomic mass is 16.3. The number of nitrogens with zero attached hydrogens (tertiary/aromatic N) is 1. The largest absolute Gasteiger partial charge is 0.507 e. The van der Waals surface area contributed by atoms with Gasteiger partial charge in [-0.3, -0.25) is 14.4 Å². The second-order valence-corrected chi connectivity index (χ2v) is 9.29. The second kappa shape index (κ2) is 6.85. The average molecular weight is 446 g/mol. The fraction of sp³-hybridized carbons (Fsp3) is 0.500. The molecule has 7 atom stereocenters. The van der Waals surface area contributed by atoms with Crippen molar-refractivity contribution in [3.63, 3.8) is 0 Å². The lowest BCUT2D eigenvalue weighted by Crippen LogP contribution is -2.74. The third kappa shape index (κ3) is 2.57. The predicted molar refractivity (Wildman–Crippen MR) is 110 cm³/mol. The molecular formula is C22H26N2O8. The van der Waals surface area contributed by atoms with E-state index in [0.717, 1.165) is 0 Å². The molecule has 0 aliphatic heterocycles. The molecule has 10 heteroatoms. The molecule has 0 spiro atoms. The van der Waals surface area contributed by atoms with Gasteiger partial charge in [0.05, 0.1) is 17.3 Å². The fourth-order valence-electron chi connectivity index (χ4n) is 5.86. The Labute approximate surface area is 183 Å². The molecular weight excluding hydrogens is 420 g/mol. The lowest BCUT2D eigenvalue weighted by atomic mass is 9.52. The number of aliphatic hydroxyl groups is 4. The number of hydrogen-bond acceptors (Lipinski definition) is 9. The van der Waals surface area contributed by atoms with E-state index in [9.17, 15) is 39.9 Å². The number of Topliss-reactive ketones (excluding diaryl/α,β-unsaturated/α-hetero) is 2. The van der Waals surface area contributed by atoms with Crippen LogP contribution >= 0.6 is 0 Å². The number of fused-ring (bicyclic) bond motifs is 3. The molecule has 10 nitrogen and oxygen atoms in total. The van der Waals surface area contributed by atoms with Crippen LogP contribution in [-0.4, -0.2) is 79.7 Å². The molecule has 1 aromatic rings. The molecule has 0 aromatic heterocycles. The SMILES string of the molecule is CN(C)[C@@H]1C(O)C(C(N)=O)C(=O)[C@@]2(O)C(=O)C3=C(O)c4c(O)cccc4[C@@](C)(O)[C@H]3C[C@@H]12. The lowest BCUT2D eigenvalue weighted by molar-refractivity contribution is -0.188. The fourth-order valence-corrected chi connectivity index (χ4v) is 5.86. The quantitative estimate of drug-likeness (QED) is 0.304. The van der Waals surface area contributed by atoms with Crippen LogP contribution < -0.4 is 5.73 Å². The van der Waals surface area contributed by atoms with Crippen molar-refractivity contribution >= 4 is 23.2 Å². The zero-order valence-electron chi connectivity index (χ0n) is 17.8. The highest BCUT2D eigenvalue weighted by molar-refractivity contribution is 6.25. The second-order valence-electron chi connectivity index (χ2n) is 9.29. The van der Waals surface area contributed by atoms with Crippen molar-refractivity contribution in [2.24, 2.45) is 23.5 Å². The summed E-state index contributed by atoms with van der Waals surface area (Å²) in [7, 11) is 3.11. The minimum absolute atomic E-state index is 0.166. The summed E-state index contributed by atoms with van der Waals surface area (Å²) in [6.45, 7) is 1.41. The first kappa shape index (κ1) is 22.4. The standard InChI is InChI=1S/C22H26N2O8/c1-21(31)8-5-4-6-11(25)12(8)16(26)13-9(21)7-10-15(24(2)3)17(27)14(20(23)30)19(29)22(10,32)18(13)28/h4-6,9-10,14-15,17,25-27,31-32H,7H2,1-3H3,(H2,23,30)/t9-,10-,14?,15-,17?,21+,22-/m0/s1. The summed E-state index contributed by atoms with van der Waals surface area (Å²) >= 11 is 0. The summed E-state index contributed by atoms with van der Waals surface area (Å²) in [5.74, 6) is -8.74. The van der Waals surface area contributed by atoms with Gasteiger partial charge in [0.15, 0.2) is 11.4 Å². The van der Waals surface area contributed by atoms with Crippen molar-refractivity contribution in [1.82, 2.24) is 4.90 Å². The van der Waals surface area contributed by atoms with Crippen LogP contribution in [0.4, 0.5) is 0 Å². The van der Waals surface area contributed by atoms with Gasteiger partial charge in [0.25, 0.3) is 0 Å². The topological polar surface area (TPSA) is 182 Å². The molecule has 7 N–H and O–H groups in total. The van der Waals surface area contributed by atoms with Gasteiger partial charge in [-0.25, -0.2) is 0 Å². The molecule has 32 heavy (non-hydrogen) atoms. The number of primary amides is 1. The number of aromatic hydroxyl groups is 1. The number of phenols is 1. The Hall–Kier alpha value is -2.79. The number of carbonyl (C=O) groups is 3. The Morgan fingerprint density at radius 3 is 2.38 bits per heavy atom. The molecule has 1 amide bonds. The van der Waals surface area contributed by atoms with Gasteiger partial charge in [0.1, 0.15) is 17.4 Å². The number of ketones is 2. The van der Waals surface area contributed by atoms with E-state index in [2.05, 4.69) is 0 Å². The maximum atomic E-state index is 13.7. The molecule has 1 aromatic carbocycles. The summed E-state index contributed by atoms with van der Waals surface area (Å²) < 4.78 is 0. The lowest BCUT2D eigenvalue weighted by Gasteiger charge is -2.55. The van der Waals surface area contributed by atoms with Crippen LogP contribution in [0.2, 0.25) is 0 Å². The Morgan fingerprint density at radius 1 is 1.19 bits per heavy atom. The molecule has 0 saturated heterocycles. The number of benzene rings is 1. The minimum Gasteiger partial charge on any atom is -0.507 e. The first-order valence-corrected chi connectivity index (χ1v) is 10.2.